The summed E-state index contributed by atoms with van der Waals surface area (Å²) in [6.07, 6.45) is 2.72. The van der Waals surface area contributed by atoms with Gasteiger partial charge < -0.3 is 20.6 Å². The van der Waals surface area contributed by atoms with E-state index in [4.69, 9.17) is 10.5 Å². The first-order chi connectivity index (χ1) is 9.69. The molecule has 0 radical (unpaired) electrons. The minimum absolute atomic E-state index is 0.358. The molecule has 1 aliphatic rings. The van der Waals surface area contributed by atoms with Crippen LogP contribution in [0.3, 0.4) is 0 Å². The third-order valence-corrected chi connectivity index (χ3v) is 3.16. The smallest absolute Gasteiger partial charge is 0.239 e. The molecular weight excluding hydrogens is 256 g/mol. The normalized spacial score (nSPS) is 18.8. The number of hydrogen-bond acceptors (Lipinski definition) is 4. The van der Waals surface area contributed by atoms with E-state index in [0.717, 1.165) is 31.5 Å². The number of nitrogens with two attached hydrogens (primary N) is 1. The number of primary amides is 1. The molecule has 3 N–H and O–H groups in total. The first kappa shape index (κ1) is 16.3. The van der Waals surface area contributed by atoms with E-state index in [1.807, 2.05) is 30.3 Å². The number of hydrogen-bond donors (Lipinski definition) is 2. The van der Waals surface area contributed by atoms with Gasteiger partial charge in [-0.05, 0) is 24.9 Å². The van der Waals surface area contributed by atoms with E-state index in [-0.39, 0.29) is 11.9 Å². The van der Waals surface area contributed by atoms with Crippen molar-refractivity contribution in [1.29, 1.82) is 0 Å². The van der Waals surface area contributed by atoms with Gasteiger partial charge >= 0.3 is 0 Å². The molecule has 20 heavy (non-hydrogen) atoms. The quantitative estimate of drug-likeness (QED) is 0.789. The number of aldehydes is 1. The number of carbonyl (C=O) groups excluding carboxylic acids is 2. The van der Waals surface area contributed by atoms with Gasteiger partial charge in [-0.2, -0.15) is 0 Å². The Morgan fingerprint density at radius 3 is 2.65 bits per heavy atom. The second-order valence-corrected chi connectivity index (χ2v) is 4.67. The predicted molar refractivity (Wildman–Crippen MR) is 77.0 cm³/mol. The minimum Gasteiger partial charge on any atom is -0.381 e. The summed E-state index contributed by atoms with van der Waals surface area (Å²) in [6, 6.07) is 9.01. The number of ether oxygens (including phenoxy) is 1. The monoisotopic (exact) mass is 278 g/mol. The molecule has 0 aromatic heterocycles. The molecule has 1 aromatic rings. The molecule has 1 saturated heterocycles. The Morgan fingerprint density at radius 2 is 2.20 bits per heavy atom. The fraction of sp³-hybridized carbons (Fsp3) is 0.467. The van der Waals surface area contributed by atoms with E-state index >= 15 is 0 Å². The van der Waals surface area contributed by atoms with Crippen molar-refractivity contribution >= 4 is 12.2 Å². The van der Waals surface area contributed by atoms with E-state index in [9.17, 15) is 9.59 Å². The van der Waals surface area contributed by atoms with Crippen LogP contribution in [-0.2, 0) is 14.3 Å². The van der Waals surface area contributed by atoms with Gasteiger partial charge in [-0.15, -0.1) is 0 Å². The SMILES string of the molecule is CNC(C(N)=O)c1ccccc1.O=CCC1CCOC1. The number of benzene rings is 1. The van der Waals surface area contributed by atoms with Crippen LogP contribution < -0.4 is 11.1 Å². The first-order valence-electron chi connectivity index (χ1n) is 6.72. The lowest BCUT2D eigenvalue weighted by molar-refractivity contribution is -0.120. The van der Waals surface area contributed by atoms with Crippen LogP contribution in [0.4, 0.5) is 0 Å². The molecular formula is C15H22N2O3. The summed E-state index contributed by atoms with van der Waals surface area (Å²) in [5.41, 5.74) is 6.07. The third-order valence-electron chi connectivity index (χ3n) is 3.16. The first-order valence-corrected chi connectivity index (χ1v) is 6.72. The highest BCUT2D eigenvalue weighted by atomic mass is 16.5. The zero-order chi connectivity index (χ0) is 14.8. The molecule has 1 aromatic carbocycles. The summed E-state index contributed by atoms with van der Waals surface area (Å²) in [5, 5.41) is 2.84. The molecule has 0 aliphatic carbocycles. The maximum absolute atomic E-state index is 10.9. The van der Waals surface area contributed by atoms with Crippen molar-refractivity contribution in [3.63, 3.8) is 0 Å². The van der Waals surface area contributed by atoms with Crippen molar-refractivity contribution in [3.05, 3.63) is 35.9 Å². The van der Waals surface area contributed by atoms with Crippen molar-refractivity contribution in [2.24, 2.45) is 11.7 Å². The van der Waals surface area contributed by atoms with Gasteiger partial charge in [-0.25, -0.2) is 0 Å². The van der Waals surface area contributed by atoms with Gasteiger partial charge in [0.05, 0.1) is 0 Å². The summed E-state index contributed by atoms with van der Waals surface area (Å²) in [5.74, 6) is 0.163. The molecule has 5 heteroatoms. The van der Waals surface area contributed by atoms with Crippen LogP contribution in [0, 0.1) is 5.92 Å². The van der Waals surface area contributed by atoms with Crippen molar-refractivity contribution in [3.8, 4) is 0 Å². The van der Waals surface area contributed by atoms with Gasteiger partial charge in [0.2, 0.25) is 5.91 Å². The van der Waals surface area contributed by atoms with Crippen LogP contribution >= 0.6 is 0 Å². The zero-order valence-electron chi connectivity index (χ0n) is 11.7. The Bertz CT molecular complexity index is 403. The highest BCUT2D eigenvalue weighted by Crippen LogP contribution is 2.13. The average molecular weight is 278 g/mol. The molecule has 0 bridgehead atoms. The van der Waals surface area contributed by atoms with E-state index in [1.54, 1.807) is 7.05 Å². The number of likely N-dealkylation sites (N-methyl/N-ethyl adjacent to an activating group) is 1. The number of nitrogens with one attached hydrogen (secondary N) is 1. The molecule has 1 heterocycles. The summed E-state index contributed by atoms with van der Waals surface area (Å²) in [7, 11) is 1.71. The zero-order valence-corrected chi connectivity index (χ0v) is 11.7. The van der Waals surface area contributed by atoms with Crippen molar-refractivity contribution in [2.45, 2.75) is 18.9 Å². The van der Waals surface area contributed by atoms with Crippen LogP contribution in [0.25, 0.3) is 0 Å². The molecule has 1 fully saturated rings. The highest BCUT2D eigenvalue weighted by molar-refractivity contribution is 5.81. The average Bonchev–Trinajstić information content (AvgIpc) is 2.95. The fourth-order valence-corrected chi connectivity index (χ4v) is 2.02. The number of rotatable bonds is 5. The molecule has 0 saturated carbocycles. The molecule has 1 amide bonds. The Balaban J connectivity index is 0.000000217. The lowest BCUT2D eigenvalue weighted by Crippen LogP contribution is -2.31. The van der Waals surface area contributed by atoms with Crippen LogP contribution in [-0.4, -0.2) is 32.5 Å². The largest absolute Gasteiger partial charge is 0.381 e. The second-order valence-electron chi connectivity index (χ2n) is 4.67. The van der Waals surface area contributed by atoms with Crippen LogP contribution in [0.2, 0.25) is 0 Å². The third kappa shape index (κ3) is 5.50. The van der Waals surface area contributed by atoms with Gasteiger partial charge in [0.25, 0.3) is 0 Å². The Kier molecular flexibility index (Phi) is 7.54. The maximum atomic E-state index is 10.9. The summed E-state index contributed by atoms with van der Waals surface area (Å²) >= 11 is 0. The number of carbonyl (C=O) groups is 2. The lowest BCUT2D eigenvalue weighted by atomic mass is 10.1. The Hall–Kier alpha value is -1.72. The Labute approximate surface area is 119 Å². The molecule has 110 valence electrons. The lowest BCUT2D eigenvalue weighted by Gasteiger charge is -2.11. The van der Waals surface area contributed by atoms with Crippen LogP contribution in [0.5, 0.6) is 0 Å². The Morgan fingerprint density at radius 1 is 1.50 bits per heavy atom. The van der Waals surface area contributed by atoms with Crippen LogP contribution in [0.1, 0.15) is 24.4 Å². The molecule has 2 rings (SSSR count). The van der Waals surface area contributed by atoms with Gasteiger partial charge in [0.1, 0.15) is 12.3 Å². The topological polar surface area (TPSA) is 81.4 Å². The summed E-state index contributed by atoms with van der Waals surface area (Å²) in [6.45, 7) is 1.64. The van der Waals surface area contributed by atoms with Crippen molar-refractivity contribution < 1.29 is 14.3 Å². The van der Waals surface area contributed by atoms with Crippen LogP contribution in [0.15, 0.2) is 30.3 Å². The molecule has 5 nitrogen and oxygen atoms in total. The van der Waals surface area contributed by atoms with E-state index in [2.05, 4.69) is 5.32 Å². The highest BCUT2D eigenvalue weighted by Gasteiger charge is 2.14. The maximum Gasteiger partial charge on any atom is 0.239 e. The molecule has 2 atom stereocenters. The van der Waals surface area contributed by atoms with Gasteiger partial charge in [0, 0.05) is 19.6 Å². The molecule has 2 unspecified atom stereocenters. The standard InChI is InChI=1S/C9H12N2O.C6H10O2/c1-11-8(9(10)12)7-5-3-2-4-6-7;7-3-1-6-2-4-8-5-6/h2-6,8,11H,1H3,(H2,10,12);3,6H,1-2,4-5H2. The second kappa shape index (κ2) is 9.23. The predicted octanol–water partition coefficient (Wildman–Crippen LogP) is 1.04. The van der Waals surface area contributed by atoms with Gasteiger partial charge in [0.15, 0.2) is 0 Å². The minimum atomic E-state index is -0.383. The molecule has 1 aliphatic heterocycles. The van der Waals surface area contributed by atoms with E-state index < -0.39 is 0 Å². The van der Waals surface area contributed by atoms with Gasteiger partial charge in [-0.3, -0.25) is 4.79 Å². The number of amides is 1. The van der Waals surface area contributed by atoms with E-state index in [1.165, 1.54) is 0 Å². The fourth-order valence-electron chi connectivity index (χ4n) is 2.02. The summed E-state index contributed by atoms with van der Waals surface area (Å²) in [4.78, 5) is 20.8. The van der Waals surface area contributed by atoms with Crippen molar-refractivity contribution in [1.82, 2.24) is 5.32 Å². The summed E-state index contributed by atoms with van der Waals surface area (Å²) < 4.78 is 5.05. The van der Waals surface area contributed by atoms with E-state index in [0.29, 0.717) is 12.3 Å². The molecule has 0 spiro atoms. The van der Waals surface area contributed by atoms with Crippen molar-refractivity contribution in [2.75, 3.05) is 20.3 Å². The van der Waals surface area contributed by atoms with Gasteiger partial charge in [-0.1, -0.05) is 30.3 Å².